The van der Waals surface area contributed by atoms with Crippen molar-refractivity contribution in [1.82, 2.24) is 14.9 Å². The predicted molar refractivity (Wildman–Crippen MR) is 67.1 cm³/mol. The van der Waals surface area contributed by atoms with E-state index in [0.29, 0.717) is 19.8 Å². The van der Waals surface area contributed by atoms with Crippen molar-refractivity contribution in [3.05, 3.63) is 17.7 Å². The van der Waals surface area contributed by atoms with E-state index in [1.807, 2.05) is 20.2 Å². The monoisotopic (exact) mass is 241 g/mol. The molecule has 1 atom stereocenters. The molecule has 17 heavy (non-hydrogen) atoms. The Hall–Kier alpha value is -0.910. The zero-order chi connectivity index (χ0) is 12.7. The Bertz CT molecular complexity index is 326. The second-order valence-electron chi connectivity index (χ2n) is 3.97. The summed E-state index contributed by atoms with van der Waals surface area (Å²) in [4.78, 5) is 4.31. The molecular weight excluding hydrogens is 218 g/mol. The minimum absolute atomic E-state index is 0.183. The van der Waals surface area contributed by atoms with Gasteiger partial charge in [0.2, 0.25) is 0 Å². The van der Waals surface area contributed by atoms with Crippen LogP contribution in [-0.4, -0.2) is 43.0 Å². The maximum atomic E-state index is 5.58. The molecule has 98 valence electrons. The molecule has 1 rings (SSSR count). The molecule has 1 heterocycles. The van der Waals surface area contributed by atoms with Crippen LogP contribution in [0.4, 0.5) is 0 Å². The summed E-state index contributed by atoms with van der Waals surface area (Å²) in [5.74, 6) is 1.01. The normalized spacial score (nSPS) is 12.9. The van der Waals surface area contributed by atoms with Gasteiger partial charge in [0, 0.05) is 14.2 Å². The summed E-state index contributed by atoms with van der Waals surface area (Å²) < 4.78 is 12.6. The molecular formula is C12H23N3O2. The van der Waals surface area contributed by atoms with Crippen LogP contribution >= 0.6 is 0 Å². The highest BCUT2D eigenvalue weighted by Crippen LogP contribution is 2.13. The van der Waals surface area contributed by atoms with Crippen LogP contribution in [0.25, 0.3) is 0 Å². The van der Waals surface area contributed by atoms with E-state index in [0.717, 1.165) is 18.1 Å². The molecule has 5 nitrogen and oxygen atoms in total. The van der Waals surface area contributed by atoms with Gasteiger partial charge >= 0.3 is 0 Å². The molecule has 0 radical (unpaired) electrons. The summed E-state index contributed by atoms with van der Waals surface area (Å²) >= 11 is 0. The summed E-state index contributed by atoms with van der Waals surface area (Å²) in [6, 6.07) is 0.183. The van der Waals surface area contributed by atoms with Gasteiger partial charge in [0.15, 0.2) is 0 Å². The third kappa shape index (κ3) is 4.11. The van der Waals surface area contributed by atoms with Crippen LogP contribution in [0.15, 0.2) is 6.20 Å². The van der Waals surface area contributed by atoms with Gasteiger partial charge in [-0.2, -0.15) is 0 Å². The van der Waals surface area contributed by atoms with Gasteiger partial charge in [0.05, 0.1) is 37.8 Å². The molecule has 1 N–H and O–H groups in total. The molecule has 1 unspecified atom stereocenters. The predicted octanol–water partition coefficient (Wildman–Crippen LogP) is 1.04. The second kappa shape index (κ2) is 7.42. The van der Waals surface area contributed by atoms with E-state index < -0.39 is 0 Å². The number of methoxy groups -OCH3 is 1. The fraction of sp³-hybridized carbons (Fsp3) is 0.750. The highest BCUT2D eigenvalue weighted by atomic mass is 16.5. The molecule has 0 aromatic carbocycles. The quantitative estimate of drug-likeness (QED) is 0.691. The van der Waals surface area contributed by atoms with E-state index in [1.54, 1.807) is 7.11 Å². The number of nitrogens with zero attached hydrogens (tertiary/aromatic N) is 2. The number of hydrogen-bond donors (Lipinski definition) is 1. The van der Waals surface area contributed by atoms with E-state index in [4.69, 9.17) is 9.47 Å². The summed E-state index contributed by atoms with van der Waals surface area (Å²) in [5.41, 5.74) is 1.15. The summed E-state index contributed by atoms with van der Waals surface area (Å²) in [6.07, 6.45) is 1.91. The average Bonchev–Trinajstić information content (AvgIpc) is 2.64. The Morgan fingerprint density at radius 1 is 1.47 bits per heavy atom. The summed E-state index contributed by atoms with van der Waals surface area (Å²) in [6.45, 7) is 6.88. The van der Waals surface area contributed by atoms with E-state index in [9.17, 15) is 0 Å². The lowest BCUT2D eigenvalue weighted by Gasteiger charge is -2.18. The molecule has 1 aromatic rings. The molecule has 0 saturated heterocycles. The molecule has 0 aliphatic rings. The van der Waals surface area contributed by atoms with Crippen molar-refractivity contribution >= 4 is 0 Å². The van der Waals surface area contributed by atoms with Crippen molar-refractivity contribution in [2.45, 2.75) is 19.9 Å². The molecule has 0 bridgehead atoms. The number of likely N-dealkylation sites (N-methyl/N-ethyl adjacent to an activating group) is 1. The van der Waals surface area contributed by atoms with Crippen molar-refractivity contribution in [2.75, 3.05) is 33.5 Å². The molecule has 5 heteroatoms. The smallest absolute Gasteiger partial charge is 0.105 e. The fourth-order valence-corrected chi connectivity index (χ4v) is 1.68. The number of hydrogen-bond acceptors (Lipinski definition) is 4. The first-order chi connectivity index (χ1) is 8.20. The van der Waals surface area contributed by atoms with Gasteiger partial charge in [-0.1, -0.05) is 6.92 Å². The minimum atomic E-state index is 0.183. The summed E-state index contributed by atoms with van der Waals surface area (Å²) in [7, 11) is 3.70. The first kappa shape index (κ1) is 14.2. The lowest BCUT2D eigenvalue weighted by molar-refractivity contribution is 0.0578. The number of imidazole rings is 1. The molecule has 0 fully saturated rings. The van der Waals surface area contributed by atoms with Gasteiger partial charge in [-0.3, -0.25) is 0 Å². The SMILES string of the molecule is CCNC(COCCOC)c1cnc(C)n1C. The zero-order valence-corrected chi connectivity index (χ0v) is 11.2. The minimum Gasteiger partial charge on any atom is -0.382 e. The van der Waals surface area contributed by atoms with E-state index in [-0.39, 0.29) is 6.04 Å². The van der Waals surface area contributed by atoms with E-state index in [2.05, 4.69) is 21.8 Å². The molecule has 0 saturated carbocycles. The standard InChI is InChI=1S/C12H23N3O2/c1-5-13-11(9-17-7-6-16-4)12-8-14-10(2)15(12)3/h8,11,13H,5-7,9H2,1-4H3. The van der Waals surface area contributed by atoms with Crippen LogP contribution < -0.4 is 5.32 Å². The van der Waals surface area contributed by atoms with Crippen molar-refractivity contribution < 1.29 is 9.47 Å². The van der Waals surface area contributed by atoms with Crippen LogP contribution in [0.5, 0.6) is 0 Å². The van der Waals surface area contributed by atoms with Gasteiger partial charge < -0.3 is 19.4 Å². The second-order valence-corrected chi connectivity index (χ2v) is 3.97. The summed E-state index contributed by atoms with van der Waals surface area (Å²) in [5, 5.41) is 3.40. The van der Waals surface area contributed by atoms with Crippen molar-refractivity contribution in [3.8, 4) is 0 Å². The van der Waals surface area contributed by atoms with Crippen molar-refractivity contribution in [1.29, 1.82) is 0 Å². The third-order valence-corrected chi connectivity index (χ3v) is 2.78. The zero-order valence-electron chi connectivity index (χ0n) is 11.2. The largest absolute Gasteiger partial charge is 0.382 e. The van der Waals surface area contributed by atoms with Gasteiger partial charge in [-0.05, 0) is 13.5 Å². The average molecular weight is 241 g/mol. The van der Waals surface area contributed by atoms with E-state index in [1.165, 1.54) is 0 Å². The fourth-order valence-electron chi connectivity index (χ4n) is 1.68. The third-order valence-electron chi connectivity index (χ3n) is 2.78. The number of aryl methyl sites for hydroxylation is 1. The first-order valence-electron chi connectivity index (χ1n) is 5.99. The Kier molecular flexibility index (Phi) is 6.18. The molecule has 0 aliphatic heterocycles. The number of nitrogens with one attached hydrogen (secondary N) is 1. The number of ether oxygens (including phenoxy) is 2. The van der Waals surface area contributed by atoms with Gasteiger partial charge in [0.25, 0.3) is 0 Å². The van der Waals surface area contributed by atoms with Crippen LogP contribution in [0, 0.1) is 6.92 Å². The maximum absolute atomic E-state index is 5.58. The van der Waals surface area contributed by atoms with Gasteiger partial charge in [0.1, 0.15) is 5.82 Å². The van der Waals surface area contributed by atoms with Crippen LogP contribution in [0.1, 0.15) is 24.5 Å². The molecule has 0 amide bonds. The first-order valence-corrected chi connectivity index (χ1v) is 5.99. The van der Waals surface area contributed by atoms with Crippen LogP contribution in [0.2, 0.25) is 0 Å². The Morgan fingerprint density at radius 3 is 2.76 bits per heavy atom. The number of rotatable bonds is 8. The Balaban J connectivity index is 2.56. The van der Waals surface area contributed by atoms with Gasteiger partial charge in [-0.15, -0.1) is 0 Å². The molecule has 1 aromatic heterocycles. The highest BCUT2D eigenvalue weighted by molar-refractivity contribution is 5.09. The Morgan fingerprint density at radius 2 is 2.24 bits per heavy atom. The van der Waals surface area contributed by atoms with Crippen molar-refractivity contribution in [3.63, 3.8) is 0 Å². The molecule has 0 spiro atoms. The van der Waals surface area contributed by atoms with Crippen molar-refractivity contribution in [2.24, 2.45) is 7.05 Å². The van der Waals surface area contributed by atoms with Crippen LogP contribution in [-0.2, 0) is 16.5 Å². The Labute approximate surface area is 103 Å². The number of aromatic nitrogens is 2. The van der Waals surface area contributed by atoms with Gasteiger partial charge in [-0.25, -0.2) is 4.98 Å². The van der Waals surface area contributed by atoms with Crippen LogP contribution in [0.3, 0.4) is 0 Å². The van der Waals surface area contributed by atoms with E-state index >= 15 is 0 Å². The maximum Gasteiger partial charge on any atom is 0.105 e. The molecule has 0 aliphatic carbocycles. The highest BCUT2D eigenvalue weighted by Gasteiger charge is 2.15. The topological polar surface area (TPSA) is 48.3 Å². The lowest BCUT2D eigenvalue weighted by atomic mass is 10.2. The lowest BCUT2D eigenvalue weighted by Crippen LogP contribution is -2.27.